The first-order valence-corrected chi connectivity index (χ1v) is 7.11. The molecule has 0 spiro atoms. The second-order valence-corrected chi connectivity index (χ2v) is 5.62. The van der Waals surface area contributed by atoms with E-state index in [0.29, 0.717) is 5.56 Å². The van der Waals surface area contributed by atoms with E-state index in [9.17, 15) is 19.5 Å². The van der Waals surface area contributed by atoms with Crippen LogP contribution in [0.25, 0.3) is 0 Å². The number of aromatic nitrogens is 1. The molecule has 120 valence electrons. The number of pyridine rings is 1. The topological polar surface area (TPSA) is 88.4 Å². The molecule has 0 saturated heterocycles. The molecule has 2 rings (SSSR count). The van der Waals surface area contributed by atoms with Gasteiger partial charge in [0.1, 0.15) is 5.54 Å². The number of carbonyl (C=O) groups is 2. The van der Waals surface area contributed by atoms with E-state index < -0.39 is 23.5 Å². The molecule has 0 aliphatic heterocycles. The van der Waals surface area contributed by atoms with Crippen molar-refractivity contribution in [2.24, 2.45) is 0 Å². The smallest absolute Gasteiger partial charge is 0.330 e. The van der Waals surface area contributed by atoms with E-state index >= 15 is 0 Å². The predicted octanol–water partition coefficient (Wildman–Crippen LogP) is 1.53. The second kappa shape index (κ2) is 6.48. The Kier molecular flexibility index (Phi) is 4.64. The molecule has 1 aromatic heterocycles. The Balaban J connectivity index is 2.30. The summed E-state index contributed by atoms with van der Waals surface area (Å²) in [6.45, 7) is 3.13. The van der Waals surface area contributed by atoms with Crippen LogP contribution >= 0.6 is 0 Å². The number of rotatable bonds is 5. The third-order valence-electron chi connectivity index (χ3n) is 3.64. The number of nitrogens with zero attached hydrogens (tertiary/aromatic N) is 1. The van der Waals surface area contributed by atoms with Gasteiger partial charge >= 0.3 is 5.97 Å². The summed E-state index contributed by atoms with van der Waals surface area (Å²) in [6, 6.07) is 11.8. The molecule has 1 amide bonds. The molecule has 0 aliphatic rings. The molecule has 0 bridgehead atoms. The minimum Gasteiger partial charge on any atom is -0.479 e. The van der Waals surface area contributed by atoms with Gasteiger partial charge < -0.3 is 15.0 Å². The number of carbonyl (C=O) groups excluding carboxylic acids is 1. The fraction of sp³-hybridized carbons (Fsp3) is 0.235. The van der Waals surface area contributed by atoms with Crippen LogP contribution in [0.5, 0.6) is 0 Å². The normalized spacial score (nSPS) is 12.4. The van der Waals surface area contributed by atoms with Gasteiger partial charge in [-0.25, -0.2) is 4.79 Å². The van der Waals surface area contributed by atoms with Gasteiger partial charge in [0.15, 0.2) is 6.04 Å². The monoisotopic (exact) mass is 314 g/mol. The molecule has 6 nitrogen and oxygen atoms in total. The maximum atomic E-state index is 12.6. The number of nitrogens with one attached hydrogen (secondary N) is 1. The highest BCUT2D eigenvalue weighted by molar-refractivity contribution is 5.88. The number of hydrogen-bond acceptors (Lipinski definition) is 3. The van der Waals surface area contributed by atoms with Crippen LogP contribution in [0.15, 0.2) is 59.5 Å². The van der Waals surface area contributed by atoms with Crippen LogP contribution in [-0.2, 0) is 15.1 Å². The van der Waals surface area contributed by atoms with Crippen molar-refractivity contribution in [2.75, 3.05) is 0 Å². The summed E-state index contributed by atoms with van der Waals surface area (Å²) in [7, 11) is 0. The lowest BCUT2D eigenvalue weighted by Gasteiger charge is -2.28. The van der Waals surface area contributed by atoms with Crippen molar-refractivity contribution in [1.29, 1.82) is 0 Å². The van der Waals surface area contributed by atoms with Crippen LogP contribution < -0.4 is 10.9 Å². The molecular weight excluding hydrogens is 296 g/mol. The quantitative estimate of drug-likeness (QED) is 0.876. The zero-order valence-electron chi connectivity index (χ0n) is 12.9. The summed E-state index contributed by atoms with van der Waals surface area (Å²) in [5.41, 5.74) is -1.09. The van der Waals surface area contributed by atoms with Crippen LogP contribution in [-0.4, -0.2) is 21.6 Å². The number of hydrogen-bond donors (Lipinski definition) is 2. The zero-order chi connectivity index (χ0) is 17.0. The minimum absolute atomic E-state index is 0.334. The lowest BCUT2D eigenvalue weighted by molar-refractivity contribution is -0.143. The van der Waals surface area contributed by atoms with Gasteiger partial charge in [0.2, 0.25) is 5.91 Å². The summed E-state index contributed by atoms with van der Waals surface area (Å²) >= 11 is 0. The Morgan fingerprint density at radius 3 is 2.26 bits per heavy atom. The number of aliphatic carboxylic acids is 1. The largest absolute Gasteiger partial charge is 0.479 e. The number of carboxylic acid groups (broad SMARTS) is 1. The third kappa shape index (κ3) is 3.48. The molecule has 2 N–H and O–H groups in total. The average Bonchev–Trinajstić information content (AvgIpc) is 2.53. The van der Waals surface area contributed by atoms with Gasteiger partial charge in [-0.15, -0.1) is 0 Å². The maximum absolute atomic E-state index is 12.6. The molecule has 23 heavy (non-hydrogen) atoms. The van der Waals surface area contributed by atoms with E-state index in [1.165, 1.54) is 16.8 Å². The van der Waals surface area contributed by atoms with Crippen molar-refractivity contribution >= 4 is 11.9 Å². The first-order chi connectivity index (χ1) is 10.8. The van der Waals surface area contributed by atoms with Gasteiger partial charge in [-0.05, 0) is 25.5 Å². The molecule has 0 saturated carbocycles. The Morgan fingerprint density at radius 1 is 1.09 bits per heavy atom. The van der Waals surface area contributed by atoms with Crippen LogP contribution in [0.1, 0.15) is 25.5 Å². The van der Waals surface area contributed by atoms with Crippen molar-refractivity contribution in [3.63, 3.8) is 0 Å². The van der Waals surface area contributed by atoms with Crippen molar-refractivity contribution < 1.29 is 14.7 Å². The molecule has 0 fully saturated rings. The predicted molar refractivity (Wildman–Crippen MR) is 85.0 cm³/mol. The number of benzene rings is 1. The van der Waals surface area contributed by atoms with Gasteiger partial charge in [0.25, 0.3) is 5.56 Å². The second-order valence-electron chi connectivity index (χ2n) is 5.62. The molecule has 1 unspecified atom stereocenters. The lowest BCUT2D eigenvalue weighted by Crippen LogP contribution is -2.50. The van der Waals surface area contributed by atoms with Crippen LogP contribution in [0, 0.1) is 0 Å². The number of amides is 1. The third-order valence-corrected chi connectivity index (χ3v) is 3.64. The van der Waals surface area contributed by atoms with E-state index in [1.807, 2.05) is 0 Å². The fourth-order valence-electron chi connectivity index (χ4n) is 2.24. The highest BCUT2D eigenvalue weighted by atomic mass is 16.4. The molecule has 1 aromatic carbocycles. The van der Waals surface area contributed by atoms with E-state index in [-0.39, 0.29) is 5.56 Å². The summed E-state index contributed by atoms with van der Waals surface area (Å²) < 4.78 is 1.27. The van der Waals surface area contributed by atoms with Crippen LogP contribution in [0.4, 0.5) is 0 Å². The highest BCUT2D eigenvalue weighted by Gasteiger charge is 2.33. The molecule has 6 heteroatoms. The summed E-state index contributed by atoms with van der Waals surface area (Å²) in [4.78, 5) is 36.0. The van der Waals surface area contributed by atoms with E-state index in [1.54, 1.807) is 56.3 Å². The SMILES string of the molecule is CC(C)(C(=O)NC(C(=O)O)c1ccccc1)n1ccccc1=O. The summed E-state index contributed by atoms with van der Waals surface area (Å²) in [5, 5.41) is 11.9. The molecule has 0 aliphatic carbocycles. The first kappa shape index (κ1) is 16.5. The van der Waals surface area contributed by atoms with Crippen molar-refractivity contribution in [3.8, 4) is 0 Å². The Bertz CT molecular complexity index is 765. The van der Waals surface area contributed by atoms with Gasteiger partial charge in [-0.1, -0.05) is 36.4 Å². The fourth-order valence-corrected chi connectivity index (χ4v) is 2.24. The van der Waals surface area contributed by atoms with E-state index in [2.05, 4.69) is 5.32 Å². The zero-order valence-corrected chi connectivity index (χ0v) is 12.9. The van der Waals surface area contributed by atoms with Gasteiger partial charge in [0, 0.05) is 12.3 Å². The Morgan fingerprint density at radius 2 is 1.70 bits per heavy atom. The molecule has 1 heterocycles. The van der Waals surface area contributed by atoms with Gasteiger partial charge in [0.05, 0.1) is 0 Å². The first-order valence-electron chi connectivity index (χ1n) is 7.11. The molecule has 1 atom stereocenters. The number of carboxylic acids is 1. The van der Waals surface area contributed by atoms with Crippen LogP contribution in [0.2, 0.25) is 0 Å². The van der Waals surface area contributed by atoms with Crippen molar-refractivity contribution in [2.45, 2.75) is 25.4 Å². The maximum Gasteiger partial charge on any atom is 0.330 e. The molecule has 2 aromatic rings. The average molecular weight is 314 g/mol. The Labute approximate surface area is 133 Å². The van der Waals surface area contributed by atoms with E-state index in [0.717, 1.165) is 0 Å². The van der Waals surface area contributed by atoms with Gasteiger partial charge in [-0.2, -0.15) is 0 Å². The Hall–Kier alpha value is -2.89. The molecule has 0 radical (unpaired) electrons. The van der Waals surface area contributed by atoms with E-state index in [4.69, 9.17) is 0 Å². The summed E-state index contributed by atoms with van der Waals surface area (Å²) in [6.07, 6.45) is 1.50. The lowest BCUT2D eigenvalue weighted by atomic mass is 10.0. The minimum atomic E-state index is -1.22. The van der Waals surface area contributed by atoms with Crippen molar-refractivity contribution in [3.05, 3.63) is 70.6 Å². The van der Waals surface area contributed by atoms with Gasteiger partial charge in [-0.3, -0.25) is 9.59 Å². The highest BCUT2D eigenvalue weighted by Crippen LogP contribution is 2.18. The summed E-state index contributed by atoms with van der Waals surface area (Å²) in [5.74, 6) is -1.72. The molecular formula is C17H18N2O4. The van der Waals surface area contributed by atoms with Crippen molar-refractivity contribution in [1.82, 2.24) is 9.88 Å². The standard InChI is InChI=1S/C17H18N2O4/c1-17(2,19-11-7-6-10-13(19)20)16(23)18-14(15(21)22)12-8-4-3-5-9-12/h3-11,14H,1-2H3,(H,18,23)(H,21,22). The van der Waals surface area contributed by atoms with Crippen LogP contribution in [0.3, 0.4) is 0 Å².